The van der Waals surface area contributed by atoms with Gasteiger partial charge >= 0.3 is 11.7 Å². The summed E-state index contributed by atoms with van der Waals surface area (Å²) < 4.78 is 0. The topological polar surface area (TPSA) is 144 Å². The molecule has 9 nitrogen and oxygen atoms in total. The first-order valence-corrected chi connectivity index (χ1v) is 3.73. The van der Waals surface area contributed by atoms with E-state index in [0.717, 1.165) is 0 Å². The molecule has 1 aromatic carbocycles. The van der Waals surface area contributed by atoms with Crippen molar-refractivity contribution >= 4 is 46.9 Å². The number of benzene rings is 1. The molecule has 2 N–H and O–H groups in total. The van der Waals surface area contributed by atoms with Crippen LogP contribution in [0.4, 0.5) is 11.4 Å². The van der Waals surface area contributed by atoms with Crippen molar-refractivity contribution < 1.29 is 24.9 Å². The number of phenols is 1. The molecule has 0 heterocycles. The van der Waals surface area contributed by atoms with Gasteiger partial charge in [-0.2, -0.15) is 0 Å². The van der Waals surface area contributed by atoms with Crippen molar-refractivity contribution in [1.29, 1.82) is 0 Å². The Bertz CT molecular complexity index is 466. The van der Waals surface area contributed by atoms with Crippen LogP contribution in [0.25, 0.3) is 0 Å². The number of non-ortho nitro benzene ring substituents is 1. The quantitative estimate of drug-likeness (QED) is 0.452. The summed E-state index contributed by atoms with van der Waals surface area (Å²) in [4.78, 5) is 29.2. The molecule has 85 valence electrons. The zero-order chi connectivity index (χ0) is 12.5. The van der Waals surface area contributed by atoms with Gasteiger partial charge < -0.3 is 10.2 Å². The smallest absolute Gasteiger partial charge is 0.340 e. The van der Waals surface area contributed by atoms with E-state index in [2.05, 4.69) is 0 Å². The number of rotatable bonds is 3. The number of nitro benzene ring substituents is 2. The molecule has 0 aliphatic rings. The molecule has 0 saturated heterocycles. The van der Waals surface area contributed by atoms with Gasteiger partial charge in [0.1, 0.15) is 5.56 Å². The Balaban J connectivity index is 0.00000256. The molecule has 0 aliphatic carbocycles. The molecular formula is C7H4N2NaO7. The summed E-state index contributed by atoms with van der Waals surface area (Å²) in [5.41, 5.74) is -2.69. The minimum atomic E-state index is -1.69. The molecule has 1 rings (SSSR count). The zero-order valence-electron chi connectivity index (χ0n) is 8.48. The molecule has 0 aromatic heterocycles. The molecule has 0 spiro atoms. The van der Waals surface area contributed by atoms with Crippen LogP contribution in [0.2, 0.25) is 0 Å². The number of nitro groups is 2. The summed E-state index contributed by atoms with van der Waals surface area (Å²) in [6.45, 7) is 0. The van der Waals surface area contributed by atoms with Crippen molar-refractivity contribution in [2.24, 2.45) is 0 Å². The minimum absolute atomic E-state index is 0. The van der Waals surface area contributed by atoms with E-state index in [4.69, 9.17) is 5.11 Å². The zero-order valence-corrected chi connectivity index (χ0v) is 10.5. The van der Waals surface area contributed by atoms with Crippen molar-refractivity contribution in [1.82, 2.24) is 0 Å². The molecule has 10 heteroatoms. The van der Waals surface area contributed by atoms with E-state index in [1.807, 2.05) is 0 Å². The van der Waals surface area contributed by atoms with Crippen LogP contribution < -0.4 is 0 Å². The molecule has 0 amide bonds. The number of aromatic carboxylic acids is 1. The number of hydrogen-bond donors (Lipinski definition) is 2. The molecule has 0 fully saturated rings. The van der Waals surface area contributed by atoms with Gasteiger partial charge in [0, 0.05) is 35.6 Å². The van der Waals surface area contributed by atoms with Crippen LogP contribution in [0.5, 0.6) is 5.75 Å². The molecule has 1 aromatic rings. The average Bonchev–Trinajstić information content (AvgIpc) is 2.16. The largest absolute Gasteiger partial charge is 0.501 e. The van der Waals surface area contributed by atoms with Gasteiger partial charge in [-0.25, -0.2) is 4.79 Å². The monoisotopic (exact) mass is 251 g/mol. The van der Waals surface area contributed by atoms with Gasteiger partial charge in [-0.05, 0) is 0 Å². The number of carboxylic acid groups (broad SMARTS) is 1. The van der Waals surface area contributed by atoms with Crippen LogP contribution in [-0.2, 0) is 0 Å². The minimum Gasteiger partial charge on any atom is -0.501 e. The van der Waals surface area contributed by atoms with Crippen molar-refractivity contribution in [2.45, 2.75) is 0 Å². The third-order valence-electron chi connectivity index (χ3n) is 1.71. The SMILES string of the molecule is O=C(O)c1cc([N+](=O)[O-])cc([N+](=O)[O-])c1O.[Na]. The molecule has 0 saturated carbocycles. The van der Waals surface area contributed by atoms with E-state index in [9.17, 15) is 30.1 Å². The Morgan fingerprint density at radius 1 is 1.18 bits per heavy atom. The average molecular weight is 251 g/mol. The van der Waals surface area contributed by atoms with Crippen LogP contribution >= 0.6 is 0 Å². The van der Waals surface area contributed by atoms with Gasteiger partial charge in [-0.3, -0.25) is 20.2 Å². The van der Waals surface area contributed by atoms with Gasteiger partial charge in [0.05, 0.1) is 15.9 Å². The summed E-state index contributed by atoms with van der Waals surface area (Å²) in [5, 5.41) is 38.5. The molecule has 0 atom stereocenters. The van der Waals surface area contributed by atoms with Crippen molar-refractivity contribution in [3.63, 3.8) is 0 Å². The number of carbonyl (C=O) groups is 1. The third-order valence-corrected chi connectivity index (χ3v) is 1.71. The van der Waals surface area contributed by atoms with E-state index < -0.39 is 38.5 Å². The predicted octanol–water partition coefficient (Wildman–Crippen LogP) is 0.526. The Hall–Kier alpha value is -1.71. The van der Waals surface area contributed by atoms with Crippen molar-refractivity contribution in [3.8, 4) is 5.75 Å². The second-order valence-electron chi connectivity index (χ2n) is 2.68. The van der Waals surface area contributed by atoms with Gasteiger partial charge in [0.15, 0.2) is 0 Å². The molecule has 0 bridgehead atoms. The van der Waals surface area contributed by atoms with Crippen molar-refractivity contribution in [3.05, 3.63) is 37.9 Å². The van der Waals surface area contributed by atoms with Crippen molar-refractivity contribution in [2.75, 3.05) is 0 Å². The normalized spacial score (nSPS) is 9.18. The molecule has 0 aliphatic heterocycles. The molecule has 0 unspecified atom stereocenters. The van der Waals surface area contributed by atoms with Crippen LogP contribution in [0, 0.1) is 20.2 Å². The number of carboxylic acids is 1. The van der Waals surface area contributed by atoms with E-state index in [1.54, 1.807) is 0 Å². The van der Waals surface area contributed by atoms with E-state index >= 15 is 0 Å². The number of aromatic hydroxyl groups is 1. The number of hydrogen-bond acceptors (Lipinski definition) is 6. The van der Waals surface area contributed by atoms with Gasteiger partial charge in [-0.1, -0.05) is 0 Å². The first kappa shape index (κ1) is 15.3. The van der Waals surface area contributed by atoms with E-state index in [1.165, 1.54) is 0 Å². The third kappa shape index (κ3) is 3.12. The van der Waals surface area contributed by atoms with Crippen LogP contribution in [0.15, 0.2) is 12.1 Å². The summed E-state index contributed by atoms with van der Waals surface area (Å²) >= 11 is 0. The Kier molecular flexibility index (Phi) is 5.01. The maximum Gasteiger partial charge on any atom is 0.340 e. The molecular weight excluding hydrogens is 247 g/mol. The van der Waals surface area contributed by atoms with Gasteiger partial charge in [0.2, 0.25) is 5.75 Å². The summed E-state index contributed by atoms with van der Waals surface area (Å²) in [6, 6.07) is 1.03. The first-order valence-electron chi connectivity index (χ1n) is 3.73. The second kappa shape index (κ2) is 5.57. The Morgan fingerprint density at radius 3 is 2.06 bits per heavy atom. The predicted molar refractivity (Wildman–Crippen MR) is 54.1 cm³/mol. The standard InChI is InChI=1S/C7H4N2O7.Na/c10-6-4(7(11)12)1-3(8(13)14)2-5(6)9(15)16;/h1-2,10H,(H,11,12);. The Morgan fingerprint density at radius 2 is 1.71 bits per heavy atom. The molecule has 17 heavy (non-hydrogen) atoms. The van der Waals surface area contributed by atoms with E-state index in [-0.39, 0.29) is 29.6 Å². The van der Waals surface area contributed by atoms with Crippen LogP contribution in [0.3, 0.4) is 0 Å². The summed E-state index contributed by atoms with van der Waals surface area (Å²) in [6.07, 6.45) is 0. The van der Waals surface area contributed by atoms with Crippen LogP contribution in [-0.4, -0.2) is 55.6 Å². The Labute approximate surface area is 115 Å². The van der Waals surface area contributed by atoms with E-state index in [0.29, 0.717) is 12.1 Å². The second-order valence-corrected chi connectivity index (χ2v) is 2.68. The van der Waals surface area contributed by atoms with Gasteiger partial charge in [0.25, 0.3) is 5.69 Å². The fourth-order valence-electron chi connectivity index (χ4n) is 1.01. The maximum atomic E-state index is 10.6. The summed E-state index contributed by atoms with van der Waals surface area (Å²) in [7, 11) is 0. The van der Waals surface area contributed by atoms with Crippen LogP contribution in [0.1, 0.15) is 10.4 Å². The maximum absolute atomic E-state index is 10.6. The summed E-state index contributed by atoms with van der Waals surface area (Å²) in [5.74, 6) is -2.80. The number of nitrogens with zero attached hydrogens (tertiary/aromatic N) is 2. The fourth-order valence-corrected chi connectivity index (χ4v) is 1.01. The fraction of sp³-hybridized carbons (Fsp3) is 0. The first-order chi connectivity index (χ1) is 7.34. The van der Waals surface area contributed by atoms with Gasteiger partial charge in [-0.15, -0.1) is 0 Å². The molecule has 1 radical (unpaired) electrons.